The van der Waals surface area contributed by atoms with Crippen LogP contribution < -0.4 is 26.8 Å². The van der Waals surface area contributed by atoms with Gasteiger partial charge in [0.1, 0.15) is 12.1 Å². The third kappa shape index (κ3) is 7.97. The zero-order chi connectivity index (χ0) is 26.7. The van der Waals surface area contributed by atoms with Crippen LogP contribution in [0.25, 0.3) is 0 Å². The van der Waals surface area contributed by atoms with E-state index >= 15 is 0 Å². The van der Waals surface area contributed by atoms with Crippen LogP contribution in [-0.4, -0.2) is 59.0 Å². The van der Waals surface area contributed by atoms with Crippen molar-refractivity contribution >= 4 is 23.7 Å². The Morgan fingerprint density at radius 3 is 2.64 bits per heavy atom. The molecule has 1 aliphatic carbocycles. The van der Waals surface area contributed by atoms with E-state index in [1.54, 1.807) is 25.3 Å². The molecule has 1 aromatic rings. The number of carbonyl (C=O) groups is 2. The minimum Gasteiger partial charge on any atom is -0.481 e. The highest BCUT2D eigenvalue weighted by Gasteiger charge is 2.41. The van der Waals surface area contributed by atoms with Crippen LogP contribution in [0.5, 0.6) is 5.88 Å². The Kier molecular flexibility index (Phi) is 10.7. The van der Waals surface area contributed by atoms with E-state index < -0.39 is 48.6 Å². The number of ether oxygens (including phenoxy) is 1. The number of oxime groups is 1. The third-order valence-electron chi connectivity index (χ3n) is 5.93. The molecule has 0 aromatic carbocycles. The second kappa shape index (κ2) is 13.5. The van der Waals surface area contributed by atoms with Crippen LogP contribution in [0.4, 0.5) is 8.78 Å². The van der Waals surface area contributed by atoms with Crippen molar-refractivity contribution in [2.75, 3.05) is 7.11 Å². The number of alkyl halides is 2. The fourth-order valence-electron chi connectivity index (χ4n) is 3.85. The lowest BCUT2D eigenvalue weighted by molar-refractivity contribution is -0.131. The van der Waals surface area contributed by atoms with E-state index in [1.165, 1.54) is 13.3 Å². The molecule has 1 heterocycles. The Bertz CT molecular complexity index is 990. The first-order chi connectivity index (χ1) is 17.1. The van der Waals surface area contributed by atoms with Gasteiger partial charge < -0.3 is 32.0 Å². The van der Waals surface area contributed by atoms with Crippen molar-refractivity contribution in [2.24, 2.45) is 27.5 Å². The lowest BCUT2D eigenvalue weighted by Crippen LogP contribution is -2.57. The number of hydrogen-bond donors (Lipinski definition) is 5. The number of methoxy groups -OCH3 is 1. The predicted octanol–water partition coefficient (Wildman–Crippen LogP) is 1.46. The summed E-state index contributed by atoms with van der Waals surface area (Å²) in [6, 6.07) is 1.03. The number of aromatic nitrogens is 1. The van der Waals surface area contributed by atoms with Crippen LogP contribution >= 0.6 is 0 Å². The van der Waals surface area contributed by atoms with Gasteiger partial charge in [0.2, 0.25) is 23.6 Å². The van der Waals surface area contributed by atoms with Gasteiger partial charge in [-0.05, 0) is 31.2 Å². The number of nitrogens with zero attached hydrogens (tertiary/aromatic N) is 3. The van der Waals surface area contributed by atoms with Crippen molar-refractivity contribution in [1.82, 2.24) is 15.6 Å². The highest BCUT2D eigenvalue weighted by atomic mass is 19.3. The van der Waals surface area contributed by atoms with Crippen molar-refractivity contribution in [2.45, 2.75) is 63.6 Å². The number of amides is 2. The fraction of sp³-hybridized carbons (Fsp3) is 0.522. The first-order valence-corrected chi connectivity index (χ1v) is 11.5. The fourth-order valence-corrected chi connectivity index (χ4v) is 3.85. The van der Waals surface area contributed by atoms with Gasteiger partial charge >= 0.3 is 0 Å². The summed E-state index contributed by atoms with van der Waals surface area (Å²) in [7, 11) is 1.48. The van der Waals surface area contributed by atoms with Crippen LogP contribution in [-0.2, 0) is 16.1 Å². The monoisotopic (exact) mass is 509 g/mol. The number of carbonyl (C=O) groups excluding carboxylic acids is 2. The number of aliphatic imine (C=N–C) groups is 1. The molecule has 1 aromatic heterocycles. The first kappa shape index (κ1) is 28.6. The van der Waals surface area contributed by atoms with E-state index in [-0.39, 0.29) is 37.2 Å². The molecule has 11 nitrogen and oxygen atoms in total. The quantitative estimate of drug-likeness (QED) is 0.170. The number of allylic oxidation sites excluding steroid dienone is 1. The molecule has 0 radical (unpaired) electrons. The predicted molar refractivity (Wildman–Crippen MR) is 130 cm³/mol. The standard InChI is InChI=1S/C23H33F2N7O4/c1-3-17(32-35)18(27)20(33)31-19(14-6-8-23(24,25)9-7-14)21(34)30-16(11-26)13-28-12-15-5-4-10-29-22(15)36-2/h4-5,10-11,13-14,18-19,35H,3,6-9,12,26-27H2,1-2H3,(H,30,34)(H,31,33)/b16-11+,28-13?,32-17-. The van der Waals surface area contributed by atoms with E-state index in [1.807, 2.05) is 0 Å². The molecule has 0 saturated heterocycles. The Morgan fingerprint density at radius 1 is 1.36 bits per heavy atom. The molecule has 198 valence electrons. The first-order valence-electron chi connectivity index (χ1n) is 11.5. The Morgan fingerprint density at radius 2 is 2.06 bits per heavy atom. The van der Waals surface area contributed by atoms with E-state index in [2.05, 4.69) is 25.8 Å². The number of nitrogens with two attached hydrogens (primary N) is 2. The van der Waals surface area contributed by atoms with Crippen LogP contribution in [0.3, 0.4) is 0 Å². The third-order valence-corrected chi connectivity index (χ3v) is 5.93. The zero-order valence-electron chi connectivity index (χ0n) is 20.3. The van der Waals surface area contributed by atoms with Crippen molar-refractivity contribution in [3.05, 3.63) is 35.8 Å². The van der Waals surface area contributed by atoms with Gasteiger partial charge in [-0.15, -0.1) is 0 Å². The molecule has 2 rings (SSSR count). The summed E-state index contributed by atoms with van der Waals surface area (Å²) in [6.45, 7) is 1.84. The van der Waals surface area contributed by atoms with Crippen LogP contribution in [0, 0.1) is 5.92 Å². The highest BCUT2D eigenvalue weighted by molar-refractivity contribution is 6.08. The Labute approximate surface area is 208 Å². The molecule has 0 bridgehead atoms. The molecule has 1 saturated carbocycles. The second-order valence-corrected chi connectivity index (χ2v) is 8.36. The number of nitrogens with one attached hydrogen (secondary N) is 2. The topological polar surface area (TPSA) is 177 Å². The summed E-state index contributed by atoms with van der Waals surface area (Å²) in [5.41, 5.74) is 12.4. The summed E-state index contributed by atoms with van der Waals surface area (Å²) in [6.07, 6.45) is 3.46. The van der Waals surface area contributed by atoms with E-state index in [0.717, 1.165) is 6.20 Å². The van der Waals surface area contributed by atoms with Crippen LogP contribution in [0.2, 0.25) is 0 Å². The van der Waals surface area contributed by atoms with Crippen molar-refractivity contribution in [3.8, 4) is 5.88 Å². The summed E-state index contributed by atoms with van der Waals surface area (Å²) < 4.78 is 32.6. The summed E-state index contributed by atoms with van der Waals surface area (Å²) >= 11 is 0. The number of halogens is 2. The number of pyridine rings is 1. The largest absolute Gasteiger partial charge is 0.481 e. The Hall–Kier alpha value is -3.61. The number of hydrogen-bond acceptors (Lipinski definition) is 9. The van der Waals surface area contributed by atoms with Gasteiger partial charge in [0.15, 0.2) is 0 Å². The van der Waals surface area contributed by atoms with Crippen molar-refractivity contribution in [3.63, 3.8) is 0 Å². The molecule has 2 unspecified atom stereocenters. The van der Waals surface area contributed by atoms with E-state index in [0.29, 0.717) is 11.4 Å². The number of rotatable bonds is 11. The van der Waals surface area contributed by atoms with Crippen molar-refractivity contribution < 1.29 is 28.3 Å². The molecule has 2 amide bonds. The molecule has 1 fully saturated rings. The molecule has 1 aliphatic rings. The maximum atomic E-state index is 13.7. The van der Waals surface area contributed by atoms with Gasteiger partial charge in [0.25, 0.3) is 0 Å². The lowest BCUT2D eigenvalue weighted by atomic mass is 9.81. The van der Waals surface area contributed by atoms with Gasteiger partial charge in [-0.1, -0.05) is 18.1 Å². The highest BCUT2D eigenvalue weighted by Crippen LogP contribution is 2.37. The lowest BCUT2D eigenvalue weighted by Gasteiger charge is -2.34. The molecule has 2 atom stereocenters. The zero-order valence-corrected chi connectivity index (χ0v) is 20.3. The minimum absolute atomic E-state index is 0.0161. The van der Waals surface area contributed by atoms with Crippen LogP contribution in [0.1, 0.15) is 44.6 Å². The molecule has 7 N–H and O–H groups in total. The van der Waals surface area contributed by atoms with Gasteiger partial charge in [-0.25, -0.2) is 13.8 Å². The average molecular weight is 510 g/mol. The molecule has 36 heavy (non-hydrogen) atoms. The van der Waals surface area contributed by atoms with Gasteiger partial charge in [0, 0.05) is 37.0 Å². The SMILES string of the molecule is CC/C(=N/O)C(N)C(=O)NC(C(=O)N/C(C=NCc1cccnc1OC)=C/N)C1CCC(F)(F)CC1. The second-order valence-electron chi connectivity index (χ2n) is 8.36. The van der Waals surface area contributed by atoms with Crippen molar-refractivity contribution in [1.29, 1.82) is 0 Å². The smallest absolute Gasteiger partial charge is 0.248 e. The molecular formula is C23H33F2N7O4. The molecular weight excluding hydrogens is 476 g/mol. The summed E-state index contributed by atoms with van der Waals surface area (Å²) in [5.74, 6) is -4.40. The Balaban J connectivity index is 2.15. The van der Waals surface area contributed by atoms with Gasteiger partial charge in [-0.3, -0.25) is 14.6 Å². The normalized spacial score (nSPS) is 18.5. The molecule has 0 aliphatic heterocycles. The van der Waals surface area contributed by atoms with Gasteiger partial charge in [0.05, 0.1) is 25.1 Å². The molecule has 13 heteroatoms. The molecule has 0 spiro atoms. The average Bonchev–Trinajstić information content (AvgIpc) is 2.87. The van der Waals surface area contributed by atoms with Crippen LogP contribution in [0.15, 0.2) is 40.4 Å². The van der Waals surface area contributed by atoms with E-state index in [4.69, 9.17) is 21.4 Å². The minimum atomic E-state index is -2.82. The van der Waals surface area contributed by atoms with Gasteiger partial charge in [-0.2, -0.15) is 0 Å². The summed E-state index contributed by atoms with van der Waals surface area (Å²) in [4.78, 5) is 34.2. The maximum absolute atomic E-state index is 13.7. The summed E-state index contributed by atoms with van der Waals surface area (Å²) in [5, 5.41) is 17.2. The maximum Gasteiger partial charge on any atom is 0.248 e. The van der Waals surface area contributed by atoms with E-state index in [9.17, 15) is 18.4 Å².